The SMILES string of the molecule is COCC(=O)N1CC2(C[C@H](CCOc3cncc(C)n3)CCO2)C1. The van der Waals surface area contributed by atoms with Gasteiger partial charge in [-0.15, -0.1) is 0 Å². The summed E-state index contributed by atoms with van der Waals surface area (Å²) >= 11 is 0. The first-order valence-electron chi connectivity index (χ1n) is 8.42. The average molecular weight is 335 g/mol. The second kappa shape index (κ2) is 7.44. The van der Waals surface area contributed by atoms with Crippen LogP contribution in [0, 0.1) is 12.8 Å². The topological polar surface area (TPSA) is 73.8 Å². The minimum atomic E-state index is -0.157. The summed E-state index contributed by atoms with van der Waals surface area (Å²) in [5, 5.41) is 0. The van der Waals surface area contributed by atoms with Crippen LogP contribution in [-0.4, -0.2) is 66.4 Å². The molecule has 0 radical (unpaired) electrons. The highest BCUT2D eigenvalue weighted by molar-refractivity contribution is 5.78. The Morgan fingerprint density at radius 2 is 2.29 bits per heavy atom. The number of methoxy groups -OCH3 is 1. The molecule has 0 N–H and O–H groups in total. The normalized spacial score (nSPS) is 22.2. The van der Waals surface area contributed by atoms with Gasteiger partial charge in [0.1, 0.15) is 12.2 Å². The van der Waals surface area contributed by atoms with Crippen molar-refractivity contribution in [1.29, 1.82) is 0 Å². The van der Waals surface area contributed by atoms with E-state index in [9.17, 15) is 4.79 Å². The molecular weight excluding hydrogens is 310 g/mol. The van der Waals surface area contributed by atoms with Gasteiger partial charge in [-0.2, -0.15) is 0 Å². The first-order valence-corrected chi connectivity index (χ1v) is 8.42. The molecule has 0 bridgehead atoms. The van der Waals surface area contributed by atoms with E-state index in [1.807, 2.05) is 11.8 Å². The van der Waals surface area contributed by atoms with Crippen molar-refractivity contribution in [2.75, 3.05) is 40.0 Å². The largest absolute Gasteiger partial charge is 0.477 e. The van der Waals surface area contributed by atoms with E-state index in [1.54, 1.807) is 19.5 Å². The summed E-state index contributed by atoms with van der Waals surface area (Å²) in [5.41, 5.74) is 0.697. The van der Waals surface area contributed by atoms with Crippen LogP contribution < -0.4 is 4.74 Å². The summed E-state index contributed by atoms with van der Waals surface area (Å²) in [5.74, 6) is 1.17. The number of hydrogen-bond donors (Lipinski definition) is 0. The fourth-order valence-electron chi connectivity index (χ4n) is 3.48. The molecule has 7 heteroatoms. The molecule has 132 valence electrons. The van der Waals surface area contributed by atoms with Gasteiger partial charge in [-0.05, 0) is 32.1 Å². The number of carbonyl (C=O) groups is 1. The number of amides is 1. The van der Waals surface area contributed by atoms with E-state index in [2.05, 4.69) is 9.97 Å². The third-order valence-corrected chi connectivity index (χ3v) is 4.68. The lowest BCUT2D eigenvalue weighted by atomic mass is 9.79. The maximum atomic E-state index is 11.8. The number of nitrogens with zero attached hydrogens (tertiary/aromatic N) is 3. The minimum Gasteiger partial charge on any atom is -0.477 e. The van der Waals surface area contributed by atoms with Gasteiger partial charge in [-0.25, -0.2) is 4.98 Å². The summed E-state index contributed by atoms with van der Waals surface area (Å²) in [7, 11) is 1.54. The average Bonchev–Trinajstić information content (AvgIpc) is 2.53. The lowest BCUT2D eigenvalue weighted by molar-refractivity contribution is -0.190. The molecule has 2 aliphatic rings. The number of carbonyl (C=O) groups excluding carboxylic acids is 1. The zero-order valence-electron chi connectivity index (χ0n) is 14.4. The fourth-order valence-corrected chi connectivity index (χ4v) is 3.48. The van der Waals surface area contributed by atoms with Gasteiger partial charge in [0.05, 0.1) is 31.6 Å². The van der Waals surface area contributed by atoms with E-state index in [0.29, 0.717) is 31.5 Å². The van der Waals surface area contributed by atoms with Crippen LogP contribution in [0.15, 0.2) is 12.4 Å². The maximum absolute atomic E-state index is 11.8. The summed E-state index contributed by atoms with van der Waals surface area (Å²) < 4.78 is 16.6. The first-order chi connectivity index (χ1) is 11.6. The second-order valence-corrected chi connectivity index (χ2v) is 6.71. The van der Waals surface area contributed by atoms with Crippen LogP contribution in [0.4, 0.5) is 0 Å². The molecule has 2 fully saturated rings. The van der Waals surface area contributed by atoms with Crippen LogP contribution in [0.5, 0.6) is 5.88 Å². The Morgan fingerprint density at radius 3 is 3.04 bits per heavy atom. The van der Waals surface area contributed by atoms with Gasteiger partial charge < -0.3 is 19.1 Å². The molecule has 0 aromatic carbocycles. The molecule has 1 aromatic heterocycles. The Hall–Kier alpha value is -1.73. The highest BCUT2D eigenvalue weighted by Crippen LogP contribution is 2.38. The van der Waals surface area contributed by atoms with Gasteiger partial charge in [-0.3, -0.25) is 9.78 Å². The zero-order valence-corrected chi connectivity index (χ0v) is 14.4. The Labute approximate surface area is 142 Å². The highest BCUT2D eigenvalue weighted by atomic mass is 16.5. The van der Waals surface area contributed by atoms with E-state index >= 15 is 0 Å². The smallest absolute Gasteiger partial charge is 0.248 e. The molecule has 2 saturated heterocycles. The number of rotatable bonds is 6. The third-order valence-electron chi connectivity index (χ3n) is 4.68. The van der Waals surface area contributed by atoms with Crippen molar-refractivity contribution in [3.05, 3.63) is 18.1 Å². The van der Waals surface area contributed by atoms with Crippen molar-refractivity contribution in [2.24, 2.45) is 5.92 Å². The van der Waals surface area contributed by atoms with Crippen LogP contribution in [0.2, 0.25) is 0 Å². The summed E-state index contributed by atoms with van der Waals surface area (Å²) in [6.07, 6.45) is 6.34. The van der Waals surface area contributed by atoms with Crippen molar-refractivity contribution in [3.63, 3.8) is 0 Å². The summed E-state index contributed by atoms with van der Waals surface area (Å²) in [4.78, 5) is 22.0. The Morgan fingerprint density at radius 1 is 1.46 bits per heavy atom. The van der Waals surface area contributed by atoms with Gasteiger partial charge in [-0.1, -0.05) is 0 Å². The van der Waals surface area contributed by atoms with E-state index in [-0.39, 0.29) is 18.1 Å². The minimum absolute atomic E-state index is 0.0372. The van der Waals surface area contributed by atoms with Gasteiger partial charge in [0.2, 0.25) is 11.8 Å². The lowest BCUT2D eigenvalue weighted by Crippen LogP contribution is -2.67. The number of aryl methyl sites for hydroxylation is 1. The molecule has 2 aliphatic heterocycles. The quantitative estimate of drug-likeness (QED) is 0.778. The van der Waals surface area contributed by atoms with Gasteiger partial charge in [0, 0.05) is 19.9 Å². The predicted octanol–water partition coefficient (Wildman–Crippen LogP) is 1.21. The summed E-state index contributed by atoms with van der Waals surface area (Å²) in [6.45, 7) is 4.78. The molecule has 1 atom stereocenters. The molecule has 0 unspecified atom stereocenters. The first kappa shape index (κ1) is 17.1. The molecule has 7 nitrogen and oxygen atoms in total. The van der Waals surface area contributed by atoms with E-state index in [0.717, 1.165) is 31.6 Å². The number of ether oxygens (including phenoxy) is 3. The van der Waals surface area contributed by atoms with Gasteiger partial charge >= 0.3 is 0 Å². The fraction of sp³-hybridized carbons (Fsp3) is 0.706. The Balaban J connectivity index is 1.42. The van der Waals surface area contributed by atoms with Gasteiger partial charge in [0.15, 0.2) is 0 Å². The maximum Gasteiger partial charge on any atom is 0.248 e. The van der Waals surface area contributed by atoms with Gasteiger partial charge in [0.25, 0.3) is 0 Å². The van der Waals surface area contributed by atoms with Crippen LogP contribution in [0.25, 0.3) is 0 Å². The third kappa shape index (κ3) is 4.02. The molecule has 3 rings (SSSR count). The number of aromatic nitrogens is 2. The van der Waals surface area contributed by atoms with Crippen molar-refractivity contribution in [3.8, 4) is 5.88 Å². The molecule has 1 aromatic rings. The van der Waals surface area contributed by atoms with E-state index < -0.39 is 0 Å². The molecule has 1 spiro atoms. The van der Waals surface area contributed by atoms with Crippen molar-refractivity contribution < 1.29 is 19.0 Å². The standard InChI is InChI=1S/C17H25N3O4/c1-13-8-18-9-15(19-13)23-5-3-14-4-6-24-17(7-14)11-20(12-17)16(21)10-22-2/h8-9,14H,3-7,10-12H2,1-2H3/t14-/m1/s1. The Bertz CT molecular complexity index is 575. The monoisotopic (exact) mass is 335 g/mol. The van der Waals surface area contributed by atoms with Crippen molar-refractivity contribution in [2.45, 2.75) is 31.8 Å². The molecule has 0 saturated carbocycles. The highest BCUT2D eigenvalue weighted by Gasteiger charge is 2.48. The zero-order chi connectivity index (χ0) is 17.0. The predicted molar refractivity (Wildman–Crippen MR) is 86.7 cm³/mol. The lowest BCUT2D eigenvalue weighted by Gasteiger charge is -2.53. The van der Waals surface area contributed by atoms with E-state index in [1.165, 1.54) is 0 Å². The van der Waals surface area contributed by atoms with Crippen LogP contribution in [0.1, 0.15) is 25.0 Å². The molecule has 0 aliphatic carbocycles. The van der Waals surface area contributed by atoms with Crippen LogP contribution in [-0.2, 0) is 14.3 Å². The van der Waals surface area contributed by atoms with Crippen LogP contribution in [0.3, 0.4) is 0 Å². The Kier molecular flexibility index (Phi) is 5.30. The number of hydrogen-bond acceptors (Lipinski definition) is 6. The summed E-state index contributed by atoms with van der Waals surface area (Å²) in [6, 6.07) is 0. The molecule has 1 amide bonds. The van der Waals surface area contributed by atoms with Crippen molar-refractivity contribution >= 4 is 5.91 Å². The molecular formula is C17H25N3O4. The van der Waals surface area contributed by atoms with E-state index in [4.69, 9.17) is 14.2 Å². The molecule has 3 heterocycles. The van der Waals surface area contributed by atoms with Crippen molar-refractivity contribution in [1.82, 2.24) is 14.9 Å². The second-order valence-electron chi connectivity index (χ2n) is 6.71. The molecule has 24 heavy (non-hydrogen) atoms. The van der Waals surface area contributed by atoms with Crippen LogP contribution >= 0.6 is 0 Å². The number of likely N-dealkylation sites (tertiary alicyclic amines) is 1.